The van der Waals surface area contributed by atoms with Crippen molar-refractivity contribution in [2.75, 3.05) is 5.32 Å². The maximum absolute atomic E-state index is 12.5. The van der Waals surface area contributed by atoms with Crippen molar-refractivity contribution in [3.05, 3.63) is 99.8 Å². The predicted octanol–water partition coefficient (Wildman–Crippen LogP) is 6.75. The van der Waals surface area contributed by atoms with Crippen molar-refractivity contribution in [2.45, 2.75) is 30.8 Å². The highest BCUT2D eigenvalue weighted by molar-refractivity contribution is 7.98. The summed E-state index contributed by atoms with van der Waals surface area (Å²) in [7, 11) is 0. The Morgan fingerprint density at radius 3 is 2.56 bits per heavy atom. The number of aromatic nitrogens is 3. The number of amides is 2. The summed E-state index contributed by atoms with van der Waals surface area (Å²) in [4.78, 5) is 12.5. The van der Waals surface area contributed by atoms with Gasteiger partial charge in [0.05, 0.1) is 17.3 Å². The highest BCUT2D eigenvalue weighted by Gasteiger charge is 2.18. The van der Waals surface area contributed by atoms with Crippen LogP contribution >= 0.6 is 35.0 Å². The minimum atomic E-state index is -0.335. The molecule has 0 atom stereocenters. The first kappa shape index (κ1) is 24.1. The van der Waals surface area contributed by atoms with E-state index in [1.807, 2.05) is 47.0 Å². The summed E-state index contributed by atoms with van der Waals surface area (Å²) < 4.78 is 1.83. The molecule has 174 valence electrons. The third-order valence-electron chi connectivity index (χ3n) is 5.06. The van der Waals surface area contributed by atoms with E-state index in [9.17, 15) is 4.79 Å². The van der Waals surface area contributed by atoms with Crippen LogP contribution in [0.5, 0.6) is 0 Å². The van der Waals surface area contributed by atoms with E-state index in [-0.39, 0.29) is 12.6 Å². The maximum Gasteiger partial charge on any atom is 0.319 e. The number of carbonyl (C=O) groups is 1. The quantitative estimate of drug-likeness (QED) is 0.256. The number of nitrogens with one attached hydrogen (secondary N) is 2. The topological polar surface area (TPSA) is 71.8 Å². The number of urea groups is 1. The van der Waals surface area contributed by atoms with E-state index >= 15 is 0 Å². The Morgan fingerprint density at radius 1 is 0.971 bits per heavy atom. The van der Waals surface area contributed by atoms with Gasteiger partial charge in [-0.3, -0.25) is 4.57 Å². The third-order valence-corrected chi connectivity index (χ3v) is 6.62. The normalized spacial score (nSPS) is 10.8. The molecular weight excluding hydrogens is 489 g/mol. The maximum atomic E-state index is 12.5. The lowest BCUT2D eigenvalue weighted by Gasteiger charge is -2.13. The van der Waals surface area contributed by atoms with Gasteiger partial charge in [0.1, 0.15) is 0 Å². The number of hydrogen-bond acceptors (Lipinski definition) is 4. The fourth-order valence-corrected chi connectivity index (χ4v) is 4.62. The van der Waals surface area contributed by atoms with Crippen molar-refractivity contribution >= 4 is 46.7 Å². The molecule has 0 fully saturated rings. The Labute approximate surface area is 212 Å². The van der Waals surface area contributed by atoms with Gasteiger partial charge in [0.25, 0.3) is 0 Å². The van der Waals surface area contributed by atoms with Crippen LogP contribution in [0, 0.1) is 0 Å². The van der Waals surface area contributed by atoms with Crippen LogP contribution in [0.1, 0.15) is 23.9 Å². The monoisotopic (exact) mass is 511 g/mol. The van der Waals surface area contributed by atoms with Crippen LogP contribution in [0.4, 0.5) is 10.5 Å². The standard InChI is InChI=1S/C25H23Cl2N5OS/c1-2-17-9-6-10-20(13-17)29-24(33)28-15-23-30-31-25(34-16-18-7-4-3-5-8-18)32(23)22-14-19(26)11-12-21(22)27/h3-14H,2,15-16H2,1H3,(H2,28,29,33). The van der Waals surface area contributed by atoms with Gasteiger partial charge in [-0.05, 0) is 47.9 Å². The molecule has 0 saturated heterocycles. The Kier molecular flexibility index (Phi) is 8.11. The average molecular weight is 512 g/mol. The number of thioether (sulfide) groups is 1. The molecule has 0 radical (unpaired) electrons. The lowest BCUT2D eigenvalue weighted by atomic mass is 10.1. The minimum Gasteiger partial charge on any atom is -0.331 e. The van der Waals surface area contributed by atoms with Gasteiger partial charge in [0, 0.05) is 16.5 Å². The van der Waals surface area contributed by atoms with E-state index in [0.29, 0.717) is 32.5 Å². The summed E-state index contributed by atoms with van der Waals surface area (Å²) in [5, 5.41) is 16.1. The fourth-order valence-electron chi connectivity index (χ4n) is 3.33. The average Bonchev–Trinajstić information content (AvgIpc) is 3.26. The van der Waals surface area contributed by atoms with Crippen LogP contribution in [0.3, 0.4) is 0 Å². The second-order valence-electron chi connectivity index (χ2n) is 7.47. The van der Waals surface area contributed by atoms with Gasteiger partial charge < -0.3 is 10.6 Å². The first-order valence-corrected chi connectivity index (χ1v) is 12.5. The molecule has 1 aromatic heterocycles. The summed E-state index contributed by atoms with van der Waals surface area (Å²) in [6, 6.07) is 22.7. The number of rotatable bonds is 8. The van der Waals surface area contributed by atoms with E-state index in [0.717, 1.165) is 23.2 Å². The Balaban J connectivity index is 1.54. The van der Waals surface area contributed by atoms with Crippen molar-refractivity contribution in [1.82, 2.24) is 20.1 Å². The zero-order chi connectivity index (χ0) is 23.9. The Hall–Kier alpha value is -3.00. The molecular formula is C25H23Cl2N5OS. The van der Waals surface area contributed by atoms with Gasteiger partial charge in [0.15, 0.2) is 11.0 Å². The zero-order valence-corrected chi connectivity index (χ0v) is 20.8. The number of nitrogens with zero attached hydrogens (tertiary/aromatic N) is 3. The number of benzene rings is 3. The molecule has 0 spiro atoms. The summed E-state index contributed by atoms with van der Waals surface area (Å²) in [5.41, 5.74) is 3.69. The number of carbonyl (C=O) groups excluding carboxylic acids is 1. The van der Waals surface area contributed by atoms with Crippen LogP contribution < -0.4 is 10.6 Å². The Morgan fingerprint density at radius 2 is 1.76 bits per heavy atom. The van der Waals surface area contributed by atoms with Crippen LogP contribution in [0.25, 0.3) is 5.69 Å². The SMILES string of the molecule is CCc1cccc(NC(=O)NCc2nnc(SCc3ccccc3)n2-c2cc(Cl)ccc2Cl)c1. The van der Waals surface area contributed by atoms with Crippen molar-refractivity contribution in [2.24, 2.45) is 0 Å². The third kappa shape index (κ3) is 6.11. The molecule has 2 amide bonds. The summed E-state index contributed by atoms with van der Waals surface area (Å²) >= 11 is 14.3. The molecule has 9 heteroatoms. The summed E-state index contributed by atoms with van der Waals surface area (Å²) in [5.74, 6) is 1.25. The highest BCUT2D eigenvalue weighted by atomic mass is 35.5. The highest BCUT2D eigenvalue weighted by Crippen LogP contribution is 2.31. The van der Waals surface area contributed by atoms with Gasteiger partial charge in [-0.15, -0.1) is 10.2 Å². The van der Waals surface area contributed by atoms with E-state index < -0.39 is 0 Å². The van der Waals surface area contributed by atoms with Crippen LogP contribution in [-0.2, 0) is 18.7 Å². The van der Waals surface area contributed by atoms with Gasteiger partial charge in [-0.25, -0.2) is 4.79 Å². The first-order chi connectivity index (χ1) is 16.5. The first-order valence-electron chi connectivity index (χ1n) is 10.7. The fraction of sp³-hybridized carbons (Fsp3) is 0.160. The molecule has 0 saturated carbocycles. The van der Waals surface area contributed by atoms with Crippen molar-refractivity contribution in [1.29, 1.82) is 0 Å². The summed E-state index contributed by atoms with van der Waals surface area (Å²) in [6.45, 7) is 2.22. The lowest BCUT2D eigenvalue weighted by Crippen LogP contribution is -2.29. The lowest BCUT2D eigenvalue weighted by molar-refractivity contribution is 0.251. The molecule has 1 heterocycles. The molecule has 6 nitrogen and oxygen atoms in total. The van der Waals surface area contributed by atoms with Gasteiger partial charge in [-0.2, -0.15) is 0 Å². The van der Waals surface area contributed by atoms with Crippen LogP contribution in [0.15, 0.2) is 78.0 Å². The van der Waals surface area contributed by atoms with Crippen molar-refractivity contribution in [3.63, 3.8) is 0 Å². The molecule has 4 aromatic rings. The number of halogens is 2. The second-order valence-corrected chi connectivity index (χ2v) is 9.25. The number of aryl methyl sites for hydroxylation is 1. The van der Waals surface area contributed by atoms with Crippen LogP contribution in [0.2, 0.25) is 10.0 Å². The molecule has 0 aliphatic heterocycles. The largest absolute Gasteiger partial charge is 0.331 e. The second kappa shape index (κ2) is 11.4. The van der Waals surface area contributed by atoms with E-state index in [1.54, 1.807) is 18.2 Å². The molecule has 0 unspecified atom stereocenters. The number of anilines is 1. The number of hydrogen-bond donors (Lipinski definition) is 2. The molecule has 0 aliphatic carbocycles. The molecule has 34 heavy (non-hydrogen) atoms. The Bertz CT molecular complexity index is 1280. The van der Waals surface area contributed by atoms with Crippen molar-refractivity contribution < 1.29 is 4.79 Å². The van der Waals surface area contributed by atoms with Crippen molar-refractivity contribution in [3.8, 4) is 5.69 Å². The van der Waals surface area contributed by atoms with E-state index in [2.05, 4.69) is 39.9 Å². The summed E-state index contributed by atoms with van der Waals surface area (Å²) in [6.07, 6.45) is 0.893. The molecule has 3 aromatic carbocycles. The molecule has 0 aliphatic rings. The predicted molar refractivity (Wildman–Crippen MR) is 139 cm³/mol. The minimum absolute atomic E-state index is 0.154. The van der Waals surface area contributed by atoms with Gasteiger partial charge in [-0.1, -0.05) is 84.4 Å². The molecule has 2 N–H and O–H groups in total. The van der Waals surface area contributed by atoms with E-state index in [1.165, 1.54) is 11.8 Å². The smallest absolute Gasteiger partial charge is 0.319 e. The van der Waals surface area contributed by atoms with Gasteiger partial charge >= 0.3 is 6.03 Å². The van der Waals surface area contributed by atoms with Crippen LogP contribution in [-0.4, -0.2) is 20.8 Å². The molecule has 0 bridgehead atoms. The molecule has 4 rings (SSSR count). The van der Waals surface area contributed by atoms with E-state index in [4.69, 9.17) is 23.2 Å². The zero-order valence-electron chi connectivity index (χ0n) is 18.5. The van der Waals surface area contributed by atoms with Gasteiger partial charge in [0.2, 0.25) is 0 Å².